The first-order valence-electron chi connectivity index (χ1n) is 8.62. The molecule has 6 nitrogen and oxygen atoms in total. The third kappa shape index (κ3) is 3.61. The van der Waals surface area contributed by atoms with Crippen LogP contribution in [0.1, 0.15) is 24.4 Å². The lowest BCUT2D eigenvalue weighted by Crippen LogP contribution is -2.49. The fourth-order valence-corrected chi connectivity index (χ4v) is 3.64. The Kier molecular flexibility index (Phi) is 5.22. The van der Waals surface area contributed by atoms with Gasteiger partial charge in [0.25, 0.3) is 0 Å². The highest BCUT2D eigenvalue weighted by molar-refractivity contribution is 5.83. The van der Waals surface area contributed by atoms with Crippen molar-refractivity contribution in [2.24, 2.45) is 0 Å². The van der Waals surface area contributed by atoms with Gasteiger partial charge in [0.05, 0.1) is 6.54 Å². The van der Waals surface area contributed by atoms with Crippen molar-refractivity contribution in [1.82, 2.24) is 14.7 Å². The molecule has 0 radical (unpaired) electrons. The van der Waals surface area contributed by atoms with Gasteiger partial charge in [-0.2, -0.15) is 0 Å². The molecule has 1 aromatic rings. The fraction of sp³-hybridized carbons (Fsp3) is 0.556. The van der Waals surface area contributed by atoms with Crippen LogP contribution in [-0.2, 0) is 9.53 Å². The van der Waals surface area contributed by atoms with Crippen molar-refractivity contribution in [2.45, 2.75) is 24.9 Å². The number of carbonyl (C=O) groups is 2. The average molecular weight is 349 g/mol. The van der Waals surface area contributed by atoms with E-state index in [1.54, 1.807) is 47.0 Å². The number of ether oxygens (including phenoxy) is 1. The van der Waals surface area contributed by atoms with E-state index in [-0.39, 0.29) is 23.9 Å². The molecular weight excluding hydrogens is 325 g/mol. The lowest BCUT2D eigenvalue weighted by atomic mass is 9.99. The second-order valence-corrected chi connectivity index (χ2v) is 6.75. The van der Waals surface area contributed by atoms with Gasteiger partial charge >= 0.3 is 6.09 Å². The molecule has 0 aliphatic carbocycles. The Balaban J connectivity index is 1.68. The van der Waals surface area contributed by atoms with Gasteiger partial charge in [-0.05, 0) is 33.0 Å². The molecule has 2 saturated heterocycles. The number of carbonyl (C=O) groups excluding carboxylic acids is 2. The third-order valence-electron chi connectivity index (χ3n) is 4.96. The molecule has 3 rings (SSSR count). The third-order valence-corrected chi connectivity index (χ3v) is 4.96. The largest absolute Gasteiger partial charge is 0.448 e. The van der Waals surface area contributed by atoms with Crippen LogP contribution >= 0.6 is 0 Å². The molecule has 1 atom stereocenters. The molecule has 2 amide bonds. The Morgan fingerprint density at radius 3 is 2.48 bits per heavy atom. The van der Waals surface area contributed by atoms with Gasteiger partial charge < -0.3 is 14.5 Å². The predicted octanol–water partition coefficient (Wildman–Crippen LogP) is 1.87. The Bertz CT molecular complexity index is 644. The van der Waals surface area contributed by atoms with Gasteiger partial charge in [0.2, 0.25) is 5.91 Å². The highest BCUT2D eigenvalue weighted by Gasteiger charge is 2.36. The molecule has 0 unspecified atom stereocenters. The molecule has 2 aliphatic rings. The van der Waals surface area contributed by atoms with Gasteiger partial charge in [0, 0.05) is 24.7 Å². The summed E-state index contributed by atoms with van der Waals surface area (Å²) in [5.74, 6) is -0.471. The molecule has 136 valence electrons. The minimum Gasteiger partial charge on any atom is -0.448 e. The van der Waals surface area contributed by atoms with E-state index in [2.05, 4.69) is 0 Å². The molecule has 0 spiro atoms. The first kappa shape index (κ1) is 17.7. The molecule has 0 N–H and O–H groups in total. The monoisotopic (exact) mass is 349 g/mol. The van der Waals surface area contributed by atoms with Crippen LogP contribution in [0, 0.1) is 5.82 Å². The van der Waals surface area contributed by atoms with Gasteiger partial charge in [-0.1, -0.05) is 18.2 Å². The summed E-state index contributed by atoms with van der Waals surface area (Å²) in [5.41, 5.74) is 0.391. The van der Waals surface area contributed by atoms with Crippen molar-refractivity contribution in [2.75, 3.05) is 40.3 Å². The van der Waals surface area contributed by atoms with Crippen molar-refractivity contribution in [3.05, 3.63) is 35.6 Å². The molecule has 25 heavy (non-hydrogen) atoms. The molecule has 0 aromatic heterocycles. The number of piperidine rings is 1. The van der Waals surface area contributed by atoms with Gasteiger partial charge in [-0.25, -0.2) is 9.18 Å². The van der Waals surface area contributed by atoms with E-state index in [1.807, 2.05) is 0 Å². The van der Waals surface area contributed by atoms with Crippen molar-refractivity contribution in [1.29, 1.82) is 0 Å². The summed E-state index contributed by atoms with van der Waals surface area (Å²) in [6.07, 6.45) is 1.18. The van der Waals surface area contributed by atoms with E-state index in [4.69, 9.17) is 4.74 Å². The summed E-state index contributed by atoms with van der Waals surface area (Å²) < 4.78 is 19.2. The Morgan fingerprint density at radius 1 is 1.24 bits per heavy atom. The van der Waals surface area contributed by atoms with E-state index in [0.29, 0.717) is 31.8 Å². The second kappa shape index (κ2) is 7.39. The van der Waals surface area contributed by atoms with Gasteiger partial charge in [0.15, 0.2) is 0 Å². The standard InChI is InChI=1S/C18H24FN3O3/c1-20(2)16(14-5-3-4-6-15(14)19)17(23)21-9-7-13(8-10-21)22-11-12-25-18(22)24/h3-6,13,16H,7-12H2,1-2H3/t16-/m0/s1. The van der Waals surface area contributed by atoms with Crippen LogP contribution in [0.3, 0.4) is 0 Å². The fourth-order valence-electron chi connectivity index (χ4n) is 3.64. The van der Waals surface area contributed by atoms with Crippen LogP contribution in [0.25, 0.3) is 0 Å². The zero-order chi connectivity index (χ0) is 18.0. The zero-order valence-corrected chi connectivity index (χ0v) is 14.7. The SMILES string of the molecule is CN(C)[C@H](C(=O)N1CCC(N2CCOC2=O)CC1)c1ccccc1F. The quantitative estimate of drug-likeness (QED) is 0.833. The molecule has 0 saturated carbocycles. The van der Waals surface area contributed by atoms with E-state index in [1.165, 1.54) is 6.07 Å². The number of amides is 2. The number of benzene rings is 1. The summed E-state index contributed by atoms with van der Waals surface area (Å²) in [7, 11) is 3.56. The number of halogens is 1. The maximum atomic E-state index is 14.2. The van der Waals surface area contributed by atoms with Crippen molar-refractivity contribution in [3.63, 3.8) is 0 Å². The Hall–Kier alpha value is -2.15. The van der Waals surface area contributed by atoms with Crippen LogP contribution in [0.4, 0.5) is 9.18 Å². The lowest BCUT2D eigenvalue weighted by molar-refractivity contribution is -0.137. The number of nitrogens with zero attached hydrogens (tertiary/aromatic N) is 3. The smallest absolute Gasteiger partial charge is 0.410 e. The topological polar surface area (TPSA) is 53.1 Å². The summed E-state index contributed by atoms with van der Waals surface area (Å²) in [6, 6.07) is 5.87. The van der Waals surface area contributed by atoms with Gasteiger partial charge in [0.1, 0.15) is 18.5 Å². The van der Waals surface area contributed by atoms with Crippen LogP contribution in [0.5, 0.6) is 0 Å². The van der Waals surface area contributed by atoms with Crippen molar-refractivity contribution < 1.29 is 18.7 Å². The molecular formula is C18H24FN3O3. The molecule has 2 aliphatic heterocycles. The van der Waals surface area contributed by atoms with E-state index >= 15 is 0 Å². The zero-order valence-electron chi connectivity index (χ0n) is 14.7. The predicted molar refractivity (Wildman–Crippen MR) is 90.5 cm³/mol. The average Bonchev–Trinajstić information content (AvgIpc) is 3.02. The molecule has 1 aromatic carbocycles. The van der Waals surface area contributed by atoms with E-state index < -0.39 is 6.04 Å². The van der Waals surface area contributed by atoms with Crippen LogP contribution in [0.15, 0.2) is 24.3 Å². The van der Waals surface area contributed by atoms with Crippen molar-refractivity contribution >= 4 is 12.0 Å². The number of likely N-dealkylation sites (N-methyl/N-ethyl adjacent to an activating group) is 1. The number of cyclic esters (lactones) is 1. The molecule has 2 fully saturated rings. The molecule has 7 heteroatoms. The van der Waals surface area contributed by atoms with Gasteiger partial charge in [-0.3, -0.25) is 9.69 Å². The summed E-state index contributed by atoms with van der Waals surface area (Å²) in [5, 5.41) is 0. The van der Waals surface area contributed by atoms with Gasteiger partial charge in [-0.15, -0.1) is 0 Å². The summed E-state index contributed by atoms with van der Waals surface area (Å²) in [4.78, 5) is 29.9. The van der Waals surface area contributed by atoms with E-state index in [9.17, 15) is 14.0 Å². The van der Waals surface area contributed by atoms with Crippen molar-refractivity contribution in [3.8, 4) is 0 Å². The van der Waals surface area contributed by atoms with Crippen LogP contribution < -0.4 is 0 Å². The van der Waals surface area contributed by atoms with Crippen LogP contribution in [-0.4, -0.2) is 73.1 Å². The number of likely N-dealkylation sites (tertiary alicyclic amines) is 1. The molecule has 2 heterocycles. The minimum atomic E-state index is -0.644. The molecule has 0 bridgehead atoms. The number of rotatable bonds is 4. The maximum Gasteiger partial charge on any atom is 0.410 e. The first-order valence-corrected chi connectivity index (χ1v) is 8.62. The Morgan fingerprint density at radius 2 is 1.92 bits per heavy atom. The lowest BCUT2D eigenvalue weighted by Gasteiger charge is -2.38. The normalized spacial score (nSPS) is 20.1. The summed E-state index contributed by atoms with van der Waals surface area (Å²) >= 11 is 0. The number of hydrogen-bond donors (Lipinski definition) is 0. The summed E-state index contributed by atoms with van der Waals surface area (Å²) in [6.45, 7) is 2.18. The second-order valence-electron chi connectivity index (χ2n) is 6.75. The maximum absolute atomic E-state index is 14.2. The van der Waals surface area contributed by atoms with E-state index in [0.717, 1.165) is 12.8 Å². The highest BCUT2D eigenvalue weighted by atomic mass is 19.1. The first-order chi connectivity index (χ1) is 12.0. The van der Waals surface area contributed by atoms with Crippen LogP contribution in [0.2, 0.25) is 0 Å². The highest BCUT2D eigenvalue weighted by Crippen LogP contribution is 2.27. The minimum absolute atomic E-state index is 0.0995. The Labute approximate surface area is 147 Å². The number of hydrogen-bond acceptors (Lipinski definition) is 4.